The van der Waals surface area contributed by atoms with Gasteiger partial charge in [-0.05, 0) is 30.2 Å². The van der Waals surface area contributed by atoms with Crippen LogP contribution < -0.4 is 0 Å². The van der Waals surface area contributed by atoms with Gasteiger partial charge in [0.15, 0.2) is 0 Å². The Balaban J connectivity index is 2.15. The molecule has 156 valence electrons. The smallest absolute Gasteiger partial charge is 0.336 e. The van der Waals surface area contributed by atoms with Crippen molar-refractivity contribution in [3.8, 4) is 0 Å². The van der Waals surface area contributed by atoms with Crippen LogP contribution in [0.4, 0.5) is 0 Å². The number of carbonyl (C=O) groups excluding carboxylic acids is 2. The van der Waals surface area contributed by atoms with Gasteiger partial charge in [0.2, 0.25) is 0 Å². The van der Waals surface area contributed by atoms with Gasteiger partial charge in [-0.1, -0.05) is 59.6 Å². The van der Waals surface area contributed by atoms with Gasteiger partial charge in [0.05, 0.1) is 47.4 Å². The highest BCUT2D eigenvalue weighted by Crippen LogP contribution is 2.40. The molecular formula is C23H21Cl2NO4. The number of methoxy groups -OCH3 is 2. The number of nitrogens with zero attached hydrogens (tertiary/aromatic N) is 1. The molecule has 0 amide bonds. The van der Waals surface area contributed by atoms with Crippen LogP contribution in [0.5, 0.6) is 0 Å². The Morgan fingerprint density at radius 2 is 1.47 bits per heavy atom. The highest BCUT2D eigenvalue weighted by atomic mass is 35.5. The molecule has 0 N–H and O–H groups in total. The van der Waals surface area contributed by atoms with Crippen LogP contribution in [0.15, 0.2) is 72.1 Å². The van der Waals surface area contributed by atoms with E-state index in [1.807, 2.05) is 42.2 Å². The molecule has 2 aromatic carbocycles. The summed E-state index contributed by atoms with van der Waals surface area (Å²) in [5.41, 5.74) is 2.24. The first-order chi connectivity index (χ1) is 14.4. The standard InChI is InChI=1S/C23H21Cl2NO4/c1-14(15-7-5-4-6-8-15)26-12-17(22(27)29-2)21(18(13-26)23(28)30-3)16-9-10-19(24)20(25)11-16/h4-14,21H,1-3H3. The van der Waals surface area contributed by atoms with Crippen molar-refractivity contribution in [3.05, 3.63) is 93.2 Å². The molecule has 1 aliphatic heterocycles. The monoisotopic (exact) mass is 445 g/mol. The van der Waals surface area contributed by atoms with Gasteiger partial charge in [0, 0.05) is 12.4 Å². The lowest BCUT2D eigenvalue weighted by Gasteiger charge is -2.33. The van der Waals surface area contributed by atoms with Crippen LogP contribution in [0.3, 0.4) is 0 Å². The summed E-state index contributed by atoms with van der Waals surface area (Å²) < 4.78 is 10.0. The third-order valence-electron chi connectivity index (χ3n) is 5.05. The molecule has 0 fully saturated rings. The van der Waals surface area contributed by atoms with Gasteiger partial charge >= 0.3 is 11.9 Å². The average molecular weight is 446 g/mol. The van der Waals surface area contributed by atoms with E-state index in [-0.39, 0.29) is 6.04 Å². The molecule has 0 saturated heterocycles. The molecule has 30 heavy (non-hydrogen) atoms. The van der Waals surface area contributed by atoms with E-state index in [1.165, 1.54) is 14.2 Å². The minimum atomic E-state index is -0.709. The molecule has 0 bridgehead atoms. The second kappa shape index (κ2) is 9.37. The first-order valence-corrected chi connectivity index (χ1v) is 10.00. The Hall–Kier alpha value is -2.76. The highest BCUT2D eigenvalue weighted by Gasteiger charge is 2.36. The van der Waals surface area contributed by atoms with Gasteiger partial charge in [-0.2, -0.15) is 0 Å². The Labute approximate surface area is 185 Å². The summed E-state index contributed by atoms with van der Waals surface area (Å²) in [6.07, 6.45) is 3.40. The molecule has 1 aliphatic rings. The van der Waals surface area contributed by atoms with Gasteiger partial charge in [-0.25, -0.2) is 9.59 Å². The van der Waals surface area contributed by atoms with E-state index in [0.717, 1.165) is 5.56 Å². The fourth-order valence-electron chi connectivity index (χ4n) is 3.43. The minimum absolute atomic E-state index is 0.139. The first-order valence-electron chi connectivity index (χ1n) is 9.24. The Morgan fingerprint density at radius 1 is 0.900 bits per heavy atom. The molecule has 7 heteroatoms. The number of carbonyl (C=O) groups is 2. The number of benzene rings is 2. The van der Waals surface area contributed by atoms with Gasteiger partial charge in [-0.3, -0.25) is 0 Å². The van der Waals surface area contributed by atoms with Gasteiger partial charge in [0.1, 0.15) is 0 Å². The second-order valence-electron chi connectivity index (χ2n) is 6.79. The van der Waals surface area contributed by atoms with Crippen molar-refractivity contribution in [1.82, 2.24) is 4.90 Å². The number of hydrogen-bond donors (Lipinski definition) is 0. The molecular weight excluding hydrogens is 425 g/mol. The maximum absolute atomic E-state index is 12.7. The van der Waals surface area contributed by atoms with Crippen LogP contribution in [0.25, 0.3) is 0 Å². The van der Waals surface area contributed by atoms with Crippen molar-refractivity contribution in [2.45, 2.75) is 18.9 Å². The van der Waals surface area contributed by atoms with E-state index in [0.29, 0.717) is 26.8 Å². The number of rotatable bonds is 5. The molecule has 5 nitrogen and oxygen atoms in total. The maximum Gasteiger partial charge on any atom is 0.336 e. The summed E-state index contributed by atoms with van der Waals surface area (Å²) in [5.74, 6) is -1.81. The molecule has 1 heterocycles. The zero-order chi connectivity index (χ0) is 21.8. The maximum atomic E-state index is 12.7. The van der Waals surface area contributed by atoms with E-state index in [4.69, 9.17) is 32.7 Å². The van der Waals surface area contributed by atoms with E-state index >= 15 is 0 Å². The first kappa shape index (κ1) is 21.9. The fourth-order valence-corrected chi connectivity index (χ4v) is 3.74. The lowest BCUT2D eigenvalue weighted by atomic mass is 9.83. The number of ether oxygens (including phenoxy) is 2. The third-order valence-corrected chi connectivity index (χ3v) is 5.79. The summed E-state index contributed by atoms with van der Waals surface area (Å²) in [5, 5.41) is 0.699. The molecule has 0 aliphatic carbocycles. The highest BCUT2D eigenvalue weighted by molar-refractivity contribution is 6.42. The van der Waals surface area contributed by atoms with Crippen LogP contribution in [0, 0.1) is 0 Å². The normalized spacial score (nSPS) is 15.2. The van der Waals surface area contributed by atoms with Crippen molar-refractivity contribution < 1.29 is 19.1 Å². The summed E-state index contributed by atoms with van der Waals surface area (Å²) in [6, 6.07) is 14.6. The van der Waals surface area contributed by atoms with Crippen LogP contribution >= 0.6 is 23.2 Å². The van der Waals surface area contributed by atoms with Gasteiger partial charge in [-0.15, -0.1) is 0 Å². The predicted molar refractivity (Wildman–Crippen MR) is 116 cm³/mol. The van der Waals surface area contributed by atoms with Crippen LogP contribution in [0.2, 0.25) is 10.0 Å². The van der Waals surface area contributed by atoms with E-state index < -0.39 is 17.9 Å². The number of esters is 2. The zero-order valence-electron chi connectivity index (χ0n) is 16.8. The van der Waals surface area contributed by atoms with Crippen molar-refractivity contribution in [2.75, 3.05) is 14.2 Å². The van der Waals surface area contributed by atoms with Crippen molar-refractivity contribution in [3.63, 3.8) is 0 Å². The fraction of sp³-hybridized carbons (Fsp3) is 0.217. The summed E-state index contributed by atoms with van der Waals surface area (Å²) in [4.78, 5) is 27.2. The summed E-state index contributed by atoms with van der Waals surface area (Å²) >= 11 is 12.3. The van der Waals surface area contributed by atoms with Crippen LogP contribution in [0.1, 0.15) is 30.0 Å². The zero-order valence-corrected chi connectivity index (χ0v) is 18.3. The number of hydrogen-bond acceptors (Lipinski definition) is 5. The van der Waals surface area contributed by atoms with Gasteiger partial charge < -0.3 is 14.4 Å². The topological polar surface area (TPSA) is 55.8 Å². The molecule has 0 radical (unpaired) electrons. The molecule has 3 rings (SSSR count). The Bertz CT molecular complexity index is 983. The lowest BCUT2D eigenvalue weighted by molar-refractivity contribution is -0.137. The van der Waals surface area contributed by atoms with Crippen molar-refractivity contribution in [2.24, 2.45) is 0 Å². The van der Waals surface area contributed by atoms with E-state index in [2.05, 4.69) is 0 Å². The van der Waals surface area contributed by atoms with Gasteiger partial charge in [0.25, 0.3) is 0 Å². The van der Waals surface area contributed by atoms with Crippen LogP contribution in [-0.2, 0) is 19.1 Å². The van der Waals surface area contributed by atoms with Crippen LogP contribution in [-0.4, -0.2) is 31.1 Å². The molecule has 0 saturated carbocycles. The summed E-state index contributed by atoms with van der Waals surface area (Å²) in [7, 11) is 2.60. The average Bonchev–Trinajstić information content (AvgIpc) is 2.79. The molecule has 1 unspecified atom stereocenters. The Morgan fingerprint density at radius 3 is 1.97 bits per heavy atom. The lowest BCUT2D eigenvalue weighted by Crippen LogP contribution is -2.30. The SMILES string of the molecule is COC(=O)C1=CN(C(C)c2ccccc2)C=C(C(=O)OC)C1c1ccc(Cl)c(Cl)c1. The molecule has 1 atom stereocenters. The second-order valence-corrected chi connectivity index (χ2v) is 7.61. The largest absolute Gasteiger partial charge is 0.466 e. The predicted octanol–water partition coefficient (Wildman–Crippen LogP) is 5.27. The summed E-state index contributed by atoms with van der Waals surface area (Å²) in [6.45, 7) is 1.98. The molecule has 0 aromatic heterocycles. The molecule has 2 aromatic rings. The quantitative estimate of drug-likeness (QED) is 0.586. The minimum Gasteiger partial charge on any atom is -0.466 e. The Kier molecular flexibility index (Phi) is 6.85. The van der Waals surface area contributed by atoms with Crippen molar-refractivity contribution in [1.29, 1.82) is 0 Å². The third kappa shape index (κ3) is 4.37. The van der Waals surface area contributed by atoms with E-state index in [9.17, 15) is 9.59 Å². The number of halogens is 2. The van der Waals surface area contributed by atoms with Crippen molar-refractivity contribution >= 4 is 35.1 Å². The van der Waals surface area contributed by atoms with E-state index in [1.54, 1.807) is 30.6 Å². The molecule has 0 spiro atoms.